The molecule has 0 radical (unpaired) electrons. The Morgan fingerprint density at radius 1 is 1.23 bits per heavy atom. The van der Waals surface area contributed by atoms with Gasteiger partial charge in [0.15, 0.2) is 5.82 Å². The summed E-state index contributed by atoms with van der Waals surface area (Å²) in [7, 11) is 1.61. The average molecular weight is 748 g/mol. The molecule has 3 fully saturated rings. The van der Waals surface area contributed by atoms with E-state index in [1.807, 2.05) is 11.0 Å². The fourth-order valence-corrected chi connectivity index (χ4v) is 9.09. The van der Waals surface area contributed by atoms with E-state index in [-0.39, 0.29) is 78.7 Å². The van der Waals surface area contributed by atoms with Gasteiger partial charge in [0.2, 0.25) is 0 Å². The Kier molecular flexibility index (Phi) is 8.32. The molecular weight excluding hydrogens is 719 g/mol. The minimum atomic E-state index is -0.985. The van der Waals surface area contributed by atoms with Crippen molar-refractivity contribution in [2.75, 3.05) is 50.5 Å². The van der Waals surface area contributed by atoms with Crippen LogP contribution in [0.1, 0.15) is 37.1 Å². The average Bonchev–Trinajstić information content (AvgIpc) is 3.96. The summed E-state index contributed by atoms with van der Waals surface area (Å²) in [6.45, 7) is 1.87. The summed E-state index contributed by atoms with van der Waals surface area (Å²) in [6, 6.07) is 6.91. The zero-order valence-electron chi connectivity index (χ0n) is 27.6. The molecule has 52 heavy (non-hydrogen) atoms. The molecule has 3 saturated heterocycles. The molecule has 6 heterocycles. The Morgan fingerprint density at radius 2 is 2.06 bits per heavy atom. The van der Waals surface area contributed by atoms with Crippen LogP contribution in [0.5, 0.6) is 6.01 Å². The van der Waals surface area contributed by atoms with Gasteiger partial charge in [0.1, 0.15) is 53.4 Å². The molecule has 3 atom stereocenters. The number of aromatic nitrogens is 5. The predicted molar refractivity (Wildman–Crippen MR) is 187 cm³/mol. The normalized spacial score (nSPS) is 21.5. The smallest absolute Gasteiger partial charge is 0.346 e. The number of amides is 1. The molecular formula is C34H29ClF3N11O2S. The van der Waals surface area contributed by atoms with Gasteiger partial charge in [-0.25, -0.2) is 22.9 Å². The second-order valence-corrected chi connectivity index (χ2v) is 14.8. The zero-order valence-corrected chi connectivity index (χ0v) is 29.2. The molecule has 0 bridgehead atoms. The van der Waals surface area contributed by atoms with E-state index in [0.29, 0.717) is 31.7 Å². The van der Waals surface area contributed by atoms with Crippen molar-refractivity contribution in [3.8, 4) is 29.3 Å². The molecule has 8 rings (SSSR count). The molecule has 3 aromatic heterocycles. The maximum absolute atomic E-state index is 17.1. The number of nitrogens with zero attached hydrogens (tertiary/aromatic N) is 10. The van der Waals surface area contributed by atoms with Crippen LogP contribution in [0.2, 0.25) is 5.02 Å². The lowest BCUT2D eigenvalue weighted by molar-refractivity contribution is 0.107. The predicted octanol–water partition coefficient (Wildman–Crippen LogP) is 5.49. The molecule has 0 spiro atoms. The molecule has 1 unspecified atom stereocenters. The van der Waals surface area contributed by atoms with E-state index in [1.165, 1.54) is 29.4 Å². The third kappa shape index (κ3) is 5.42. The summed E-state index contributed by atoms with van der Waals surface area (Å²) in [5, 5.41) is 23.3. The third-order valence-corrected chi connectivity index (χ3v) is 11.7. The Labute approximate surface area is 303 Å². The van der Waals surface area contributed by atoms with Crippen LogP contribution in [0.4, 0.5) is 28.8 Å². The lowest BCUT2D eigenvalue weighted by Gasteiger charge is -2.31. The van der Waals surface area contributed by atoms with E-state index < -0.39 is 29.4 Å². The molecule has 0 saturated carbocycles. The molecule has 1 amide bonds. The highest BCUT2D eigenvalue weighted by molar-refractivity contribution is 7.23. The van der Waals surface area contributed by atoms with Gasteiger partial charge in [-0.1, -0.05) is 17.7 Å². The third-order valence-electron chi connectivity index (χ3n) is 10.4. The van der Waals surface area contributed by atoms with Crippen molar-refractivity contribution in [1.29, 1.82) is 10.5 Å². The second-order valence-electron chi connectivity index (χ2n) is 13.3. The number of fused-ring (bicyclic) bond motifs is 3. The number of alkyl halides is 1. The van der Waals surface area contributed by atoms with Crippen LogP contribution in [-0.2, 0) is 0 Å². The van der Waals surface area contributed by atoms with Crippen LogP contribution in [0.3, 0.4) is 0 Å². The van der Waals surface area contributed by atoms with Crippen molar-refractivity contribution in [2.45, 2.75) is 43.4 Å². The summed E-state index contributed by atoms with van der Waals surface area (Å²) in [6.07, 6.45) is 2.65. The Bertz CT molecular complexity index is 2370. The quantitative estimate of drug-likeness (QED) is 0.233. The summed E-state index contributed by atoms with van der Waals surface area (Å²) < 4.78 is 53.9. The molecule has 2 N–H and O–H groups in total. The van der Waals surface area contributed by atoms with E-state index in [4.69, 9.17) is 32.3 Å². The first-order chi connectivity index (χ1) is 25.0. The SMILES string of the molecule is CN(C(=O)n1cnc(C#N)n1)C1CCN(c2nc(OC[C@@]34CCCN3C[C@H](F)C4)nc3c(F)c(-c4ccc(F)c5sc(N)c(C#N)c45)c(Cl)cc23)C1. The monoisotopic (exact) mass is 747 g/mol. The van der Waals surface area contributed by atoms with Crippen molar-refractivity contribution >= 4 is 60.8 Å². The topological polar surface area (TPSA) is 166 Å². The maximum atomic E-state index is 17.1. The first-order valence-electron chi connectivity index (χ1n) is 16.5. The molecule has 3 aliphatic heterocycles. The number of halogens is 4. The Morgan fingerprint density at radius 3 is 2.83 bits per heavy atom. The van der Waals surface area contributed by atoms with E-state index >= 15 is 4.39 Å². The van der Waals surface area contributed by atoms with Crippen LogP contribution in [0.15, 0.2) is 24.5 Å². The molecule has 13 nitrogen and oxygen atoms in total. The number of carbonyl (C=O) groups is 1. The summed E-state index contributed by atoms with van der Waals surface area (Å²) in [5.41, 5.74) is 5.49. The summed E-state index contributed by atoms with van der Waals surface area (Å²) >= 11 is 7.73. The number of hydrogen-bond acceptors (Lipinski definition) is 12. The van der Waals surface area contributed by atoms with Gasteiger partial charge in [0.05, 0.1) is 26.9 Å². The van der Waals surface area contributed by atoms with Gasteiger partial charge in [-0.2, -0.15) is 25.2 Å². The van der Waals surface area contributed by atoms with Crippen LogP contribution >= 0.6 is 22.9 Å². The highest BCUT2D eigenvalue weighted by Crippen LogP contribution is 2.46. The number of rotatable bonds is 6. The van der Waals surface area contributed by atoms with E-state index in [1.54, 1.807) is 13.1 Å². The fourth-order valence-electron chi connectivity index (χ4n) is 7.84. The van der Waals surface area contributed by atoms with Crippen LogP contribution in [-0.4, -0.2) is 98.1 Å². The minimum Gasteiger partial charge on any atom is -0.461 e. The van der Waals surface area contributed by atoms with Gasteiger partial charge in [-0.3, -0.25) is 4.90 Å². The van der Waals surface area contributed by atoms with Crippen molar-refractivity contribution in [3.05, 3.63) is 52.6 Å². The molecule has 2 aromatic carbocycles. The van der Waals surface area contributed by atoms with Crippen LogP contribution in [0, 0.1) is 34.3 Å². The van der Waals surface area contributed by atoms with Crippen LogP contribution in [0.25, 0.3) is 32.1 Å². The van der Waals surface area contributed by atoms with Crippen molar-refractivity contribution in [3.63, 3.8) is 0 Å². The summed E-state index contributed by atoms with van der Waals surface area (Å²) in [4.78, 5) is 31.7. The number of ether oxygens (including phenoxy) is 1. The molecule has 266 valence electrons. The van der Waals surface area contributed by atoms with Gasteiger partial charge < -0.3 is 20.3 Å². The largest absolute Gasteiger partial charge is 0.461 e. The Hall–Kier alpha value is -5.23. The number of hydrogen-bond donors (Lipinski definition) is 1. The van der Waals surface area contributed by atoms with Gasteiger partial charge in [0.25, 0.3) is 5.82 Å². The highest BCUT2D eigenvalue weighted by atomic mass is 35.5. The number of likely N-dealkylation sites (N-methyl/N-ethyl adjacent to an activating group) is 1. The lowest BCUT2D eigenvalue weighted by atomic mass is 9.95. The molecule has 3 aliphatic rings. The van der Waals surface area contributed by atoms with Gasteiger partial charge in [-0.15, -0.1) is 16.4 Å². The number of carbonyl (C=O) groups excluding carboxylic acids is 1. The number of nitrogen functional groups attached to an aromatic ring is 1. The zero-order chi connectivity index (χ0) is 36.5. The molecule has 18 heteroatoms. The number of nitriles is 2. The minimum absolute atomic E-state index is 0.0112. The fraction of sp³-hybridized carbons (Fsp3) is 0.382. The molecule has 0 aliphatic carbocycles. The van der Waals surface area contributed by atoms with Crippen molar-refractivity contribution in [1.82, 2.24) is 34.5 Å². The van der Waals surface area contributed by atoms with Gasteiger partial charge in [0, 0.05) is 49.4 Å². The number of benzene rings is 2. The first-order valence-corrected chi connectivity index (χ1v) is 17.7. The van der Waals surface area contributed by atoms with Crippen molar-refractivity contribution < 1.29 is 22.7 Å². The van der Waals surface area contributed by atoms with E-state index in [9.17, 15) is 18.8 Å². The standard InChI is InChI=1S/C34H29ClF3N11O2S/c1-46(33(50)49-16-42-24(12-40)45-49)18-5-8-47(14-18)31-20-9-22(35)26(19-3-4-23(37)29-25(19)21(11-39)30(41)52-29)27(38)28(20)43-32(44-31)51-15-34-6-2-7-48(34)13-17(36)10-34/h3-4,9,16-18H,2,5-8,10,13-15,41H2,1H3/t17-,18?,34+/m1/s1. The second kappa shape index (κ2) is 12.8. The number of thiophene rings is 1. The van der Waals surface area contributed by atoms with Gasteiger partial charge >= 0.3 is 12.0 Å². The van der Waals surface area contributed by atoms with E-state index in [0.717, 1.165) is 35.4 Å². The number of nitrogens with two attached hydrogens (primary N) is 1. The highest BCUT2D eigenvalue weighted by Gasteiger charge is 2.49. The first kappa shape index (κ1) is 33.9. The lowest BCUT2D eigenvalue weighted by Crippen LogP contribution is -2.43. The van der Waals surface area contributed by atoms with Gasteiger partial charge in [-0.05, 0) is 43.5 Å². The molecule has 5 aromatic rings. The Balaban J connectivity index is 1.22. The van der Waals surface area contributed by atoms with Crippen molar-refractivity contribution in [2.24, 2.45) is 0 Å². The van der Waals surface area contributed by atoms with Crippen LogP contribution < -0.4 is 15.4 Å². The van der Waals surface area contributed by atoms with E-state index in [2.05, 4.69) is 20.0 Å². The maximum Gasteiger partial charge on any atom is 0.346 e. The number of anilines is 2. The summed E-state index contributed by atoms with van der Waals surface area (Å²) in [5.74, 6) is -1.29.